The number of aliphatic hydroxyl groups is 1. The van der Waals surface area contributed by atoms with Crippen molar-refractivity contribution in [3.8, 4) is 0 Å². The van der Waals surface area contributed by atoms with Crippen LogP contribution in [0.1, 0.15) is 12.2 Å². The van der Waals surface area contributed by atoms with Gasteiger partial charge >= 0.3 is 0 Å². The van der Waals surface area contributed by atoms with E-state index < -0.39 is 6.10 Å². The number of rotatable bonds is 10. The van der Waals surface area contributed by atoms with Gasteiger partial charge in [-0.2, -0.15) is 11.8 Å². The van der Waals surface area contributed by atoms with E-state index in [-0.39, 0.29) is 0 Å². The zero-order valence-electron chi connectivity index (χ0n) is 10.2. The topological polar surface area (TPSA) is 54.6 Å². The van der Waals surface area contributed by atoms with Crippen LogP contribution in [0.2, 0.25) is 0 Å². The fourth-order valence-corrected chi connectivity index (χ4v) is 1.79. The first-order valence-corrected chi connectivity index (χ1v) is 7.20. The summed E-state index contributed by atoms with van der Waals surface area (Å²) in [6.45, 7) is 2.26. The van der Waals surface area contributed by atoms with Crippen LogP contribution in [-0.4, -0.2) is 42.9 Å². The summed E-state index contributed by atoms with van der Waals surface area (Å²) in [5.74, 6) is 1.93. The Morgan fingerprint density at radius 3 is 3.18 bits per heavy atom. The Morgan fingerprint density at radius 1 is 1.59 bits per heavy atom. The smallest absolute Gasteiger partial charge is 0.129 e. The summed E-state index contributed by atoms with van der Waals surface area (Å²) in [5, 5.41) is 12.8. The summed E-state index contributed by atoms with van der Waals surface area (Å²) >= 11 is 1.84. The van der Waals surface area contributed by atoms with E-state index in [1.54, 1.807) is 6.26 Å². The Bertz CT molecular complexity index is 267. The van der Waals surface area contributed by atoms with E-state index in [1.165, 1.54) is 0 Å². The molecule has 1 aromatic heterocycles. The van der Waals surface area contributed by atoms with Gasteiger partial charge in [0.2, 0.25) is 0 Å². The van der Waals surface area contributed by atoms with Crippen LogP contribution in [0.25, 0.3) is 0 Å². The fraction of sp³-hybridized carbons (Fsp3) is 0.667. The Morgan fingerprint density at radius 2 is 2.47 bits per heavy atom. The van der Waals surface area contributed by atoms with E-state index >= 15 is 0 Å². The van der Waals surface area contributed by atoms with E-state index in [4.69, 9.17) is 9.15 Å². The van der Waals surface area contributed by atoms with Crippen LogP contribution in [-0.2, 0) is 11.3 Å². The highest BCUT2D eigenvalue weighted by Crippen LogP contribution is 2.01. The Labute approximate surface area is 107 Å². The van der Waals surface area contributed by atoms with Gasteiger partial charge in [-0.1, -0.05) is 0 Å². The number of ether oxygens (including phenoxy) is 1. The third-order valence-corrected chi connectivity index (χ3v) is 2.91. The molecule has 0 bridgehead atoms. The highest BCUT2D eigenvalue weighted by Gasteiger charge is 2.04. The quantitative estimate of drug-likeness (QED) is 0.624. The average Bonchev–Trinajstić information content (AvgIpc) is 2.82. The van der Waals surface area contributed by atoms with Gasteiger partial charge in [0.05, 0.1) is 19.0 Å². The number of hydrogen-bond donors (Lipinski definition) is 2. The van der Waals surface area contributed by atoms with Gasteiger partial charge < -0.3 is 19.6 Å². The number of hydrogen-bond acceptors (Lipinski definition) is 5. The Kier molecular flexibility index (Phi) is 8.17. The summed E-state index contributed by atoms with van der Waals surface area (Å²) in [5.41, 5.74) is 0. The molecule has 1 unspecified atom stereocenters. The molecule has 1 aromatic rings. The molecule has 4 nitrogen and oxygen atoms in total. The Balaban J connectivity index is 1.92. The minimum absolute atomic E-state index is 0.330. The van der Waals surface area contributed by atoms with Gasteiger partial charge in [-0.15, -0.1) is 0 Å². The van der Waals surface area contributed by atoms with Gasteiger partial charge in [0.15, 0.2) is 0 Å². The van der Waals surface area contributed by atoms with Crippen LogP contribution < -0.4 is 5.32 Å². The van der Waals surface area contributed by atoms with Crippen molar-refractivity contribution < 1.29 is 14.3 Å². The maximum Gasteiger partial charge on any atom is 0.129 e. The molecule has 0 radical (unpaired) electrons. The van der Waals surface area contributed by atoms with Crippen LogP contribution in [0.3, 0.4) is 0 Å². The molecule has 0 aromatic carbocycles. The summed E-state index contributed by atoms with van der Waals surface area (Å²) in [7, 11) is 0. The van der Waals surface area contributed by atoms with Crippen LogP contribution in [0, 0.1) is 0 Å². The van der Waals surface area contributed by atoms with Gasteiger partial charge in [-0.3, -0.25) is 0 Å². The van der Waals surface area contributed by atoms with E-state index in [9.17, 15) is 5.11 Å². The van der Waals surface area contributed by atoms with E-state index in [1.807, 2.05) is 23.9 Å². The summed E-state index contributed by atoms with van der Waals surface area (Å²) in [6, 6.07) is 3.68. The van der Waals surface area contributed by atoms with Gasteiger partial charge in [0, 0.05) is 6.54 Å². The van der Waals surface area contributed by atoms with Crippen molar-refractivity contribution in [1.82, 2.24) is 5.32 Å². The lowest BCUT2D eigenvalue weighted by Gasteiger charge is -2.11. The molecule has 0 saturated carbocycles. The third-order valence-electron chi connectivity index (χ3n) is 2.22. The van der Waals surface area contributed by atoms with Crippen LogP contribution in [0.15, 0.2) is 22.8 Å². The predicted octanol–water partition coefficient (Wildman–Crippen LogP) is 1.50. The predicted molar refractivity (Wildman–Crippen MR) is 70.2 cm³/mol. The van der Waals surface area contributed by atoms with Crippen LogP contribution in [0.4, 0.5) is 0 Å². The molecule has 0 fully saturated rings. The summed E-state index contributed by atoms with van der Waals surface area (Å²) in [4.78, 5) is 0. The third kappa shape index (κ3) is 7.44. The number of nitrogens with one attached hydrogen (secondary N) is 1. The van der Waals surface area contributed by atoms with Crippen molar-refractivity contribution in [3.63, 3.8) is 0 Å². The zero-order chi connectivity index (χ0) is 12.3. The molecule has 0 aliphatic carbocycles. The number of thioether (sulfide) groups is 1. The molecule has 0 saturated heterocycles. The first-order chi connectivity index (χ1) is 8.33. The second-order valence-electron chi connectivity index (χ2n) is 3.80. The highest BCUT2D eigenvalue weighted by atomic mass is 32.2. The SMILES string of the molecule is CSCCCNCC(O)COCc1ccco1. The number of aliphatic hydroxyl groups excluding tert-OH is 1. The molecule has 1 rings (SSSR count). The molecule has 5 heteroatoms. The fourth-order valence-electron chi connectivity index (χ4n) is 1.36. The normalized spacial score (nSPS) is 12.8. The molecule has 1 heterocycles. The first-order valence-electron chi connectivity index (χ1n) is 5.80. The largest absolute Gasteiger partial charge is 0.467 e. The van der Waals surface area contributed by atoms with Crippen molar-refractivity contribution in [2.24, 2.45) is 0 Å². The van der Waals surface area contributed by atoms with Gasteiger partial charge in [0.25, 0.3) is 0 Å². The standard InChI is InChI=1S/C12H21NO3S/c1-17-7-3-5-13-8-11(14)9-15-10-12-4-2-6-16-12/h2,4,6,11,13-14H,3,5,7-10H2,1H3. The zero-order valence-corrected chi connectivity index (χ0v) is 11.0. The maximum absolute atomic E-state index is 9.61. The van der Waals surface area contributed by atoms with Crippen LogP contribution >= 0.6 is 11.8 Å². The Hall–Kier alpha value is -0.490. The molecular weight excluding hydrogens is 238 g/mol. The molecule has 0 amide bonds. The summed E-state index contributed by atoms with van der Waals surface area (Å²) in [6.07, 6.45) is 4.38. The van der Waals surface area contributed by atoms with Gasteiger partial charge in [0.1, 0.15) is 12.4 Å². The lowest BCUT2D eigenvalue weighted by molar-refractivity contribution is 0.0228. The summed E-state index contributed by atoms with van der Waals surface area (Å²) < 4.78 is 10.4. The lowest BCUT2D eigenvalue weighted by atomic mass is 10.3. The monoisotopic (exact) mass is 259 g/mol. The number of furan rings is 1. The van der Waals surface area contributed by atoms with E-state index in [0.29, 0.717) is 19.8 Å². The van der Waals surface area contributed by atoms with Crippen LogP contribution in [0.5, 0.6) is 0 Å². The minimum Gasteiger partial charge on any atom is -0.467 e. The van der Waals surface area contributed by atoms with Gasteiger partial charge in [-0.05, 0) is 37.1 Å². The van der Waals surface area contributed by atoms with Crippen molar-refractivity contribution in [3.05, 3.63) is 24.2 Å². The minimum atomic E-state index is -0.459. The molecule has 1 atom stereocenters. The van der Waals surface area contributed by atoms with Crippen molar-refractivity contribution in [2.75, 3.05) is 31.7 Å². The second kappa shape index (κ2) is 9.53. The second-order valence-corrected chi connectivity index (χ2v) is 4.78. The first kappa shape index (κ1) is 14.6. The van der Waals surface area contributed by atoms with E-state index in [2.05, 4.69) is 11.6 Å². The van der Waals surface area contributed by atoms with Gasteiger partial charge in [-0.25, -0.2) is 0 Å². The molecular formula is C12H21NO3S. The molecule has 0 aliphatic heterocycles. The molecule has 2 N–H and O–H groups in total. The molecule has 98 valence electrons. The highest BCUT2D eigenvalue weighted by molar-refractivity contribution is 7.98. The maximum atomic E-state index is 9.61. The molecule has 0 spiro atoms. The van der Waals surface area contributed by atoms with Crippen molar-refractivity contribution in [2.45, 2.75) is 19.1 Å². The van der Waals surface area contributed by atoms with Crippen molar-refractivity contribution >= 4 is 11.8 Å². The average molecular weight is 259 g/mol. The van der Waals surface area contributed by atoms with Crippen molar-refractivity contribution in [1.29, 1.82) is 0 Å². The van der Waals surface area contributed by atoms with E-state index in [0.717, 1.165) is 24.5 Å². The molecule has 0 aliphatic rings. The molecule has 17 heavy (non-hydrogen) atoms. The lowest BCUT2D eigenvalue weighted by Crippen LogP contribution is -2.31.